The third-order valence-corrected chi connectivity index (χ3v) is 4.42. The van der Waals surface area contributed by atoms with Crippen LogP contribution in [0.25, 0.3) is 11.2 Å². The summed E-state index contributed by atoms with van der Waals surface area (Å²) in [5, 5.41) is 27.0. The lowest BCUT2D eigenvalue weighted by Crippen LogP contribution is -2.20. The number of halogens is 1. The molecule has 2 atom stereocenters. The van der Waals surface area contributed by atoms with E-state index in [9.17, 15) is 0 Å². The van der Waals surface area contributed by atoms with Crippen LogP contribution in [0.5, 0.6) is 0 Å². The van der Waals surface area contributed by atoms with Crippen molar-refractivity contribution in [1.82, 2.24) is 19.5 Å². The van der Waals surface area contributed by atoms with Crippen LogP contribution in [0, 0.1) is 0 Å². The Morgan fingerprint density at radius 2 is 1.86 bits per heavy atom. The number of nitrogens with two attached hydrogens (primary N) is 1. The maximum absolute atomic E-state index is 9.13. The third kappa shape index (κ3) is 5.60. The summed E-state index contributed by atoms with van der Waals surface area (Å²) in [7, 11) is 1.58. The van der Waals surface area contributed by atoms with Gasteiger partial charge in [-0.05, 0) is 25.5 Å². The van der Waals surface area contributed by atoms with Crippen molar-refractivity contribution in [3.05, 3.63) is 47.5 Å². The number of imidazole rings is 1. The van der Waals surface area contributed by atoms with E-state index in [2.05, 4.69) is 15.0 Å². The quantitative estimate of drug-likeness (QED) is 0.451. The average Bonchev–Trinajstić information content (AvgIpc) is 3.12. The Morgan fingerprint density at radius 3 is 2.43 bits per heavy atom. The van der Waals surface area contributed by atoms with Crippen molar-refractivity contribution in [1.29, 1.82) is 0 Å². The minimum absolute atomic E-state index is 0.00933. The van der Waals surface area contributed by atoms with Crippen LogP contribution in [0.3, 0.4) is 0 Å². The zero-order valence-corrected chi connectivity index (χ0v) is 16.4. The minimum atomic E-state index is -1.41. The predicted molar refractivity (Wildman–Crippen MR) is 106 cm³/mol. The first-order valence-electron chi connectivity index (χ1n) is 8.55. The Morgan fingerprint density at radius 1 is 1.18 bits per heavy atom. The van der Waals surface area contributed by atoms with Gasteiger partial charge in [-0.15, -0.1) is 0 Å². The Kier molecular flexibility index (Phi) is 8.09. The van der Waals surface area contributed by atoms with Gasteiger partial charge in [-0.3, -0.25) is 0 Å². The lowest BCUT2D eigenvalue weighted by molar-refractivity contribution is -0.0424. The average molecular weight is 410 g/mol. The number of hydrogen-bond donors (Lipinski definition) is 4. The molecular formula is C18H24ClN5O4. The summed E-state index contributed by atoms with van der Waals surface area (Å²) in [5.41, 5.74) is 7.48. The van der Waals surface area contributed by atoms with E-state index >= 15 is 0 Å². The van der Waals surface area contributed by atoms with Crippen LogP contribution in [0.1, 0.15) is 31.2 Å². The molecule has 10 heteroatoms. The summed E-state index contributed by atoms with van der Waals surface area (Å²) in [6, 6.07) is 6.44. The van der Waals surface area contributed by atoms with Crippen molar-refractivity contribution < 1.29 is 20.1 Å². The lowest BCUT2D eigenvalue weighted by atomic mass is 10.1. The van der Waals surface area contributed by atoms with Crippen LogP contribution in [0.4, 0.5) is 5.82 Å². The van der Waals surface area contributed by atoms with Crippen molar-refractivity contribution in [3.8, 4) is 0 Å². The SMILES string of the molecule is COC(CO)CC(C)n1cnc2c(N)ncnc21.OC(O)c1ccc(Cl)cc1. The van der Waals surface area contributed by atoms with Gasteiger partial charge < -0.3 is 30.4 Å². The van der Waals surface area contributed by atoms with Gasteiger partial charge in [0.05, 0.1) is 19.0 Å². The van der Waals surface area contributed by atoms with Gasteiger partial charge in [0, 0.05) is 23.7 Å². The van der Waals surface area contributed by atoms with Crippen molar-refractivity contribution in [2.75, 3.05) is 19.5 Å². The zero-order chi connectivity index (χ0) is 20.7. The second-order valence-corrected chi connectivity index (χ2v) is 6.57. The monoisotopic (exact) mass is 409 g/mol. The molecule has 0 aliphatic heterocycles. The zero-order valence-electron chi connectivity index (χ0n) is 15.6. The maximum atomic E-state index is 9.13. The number of methoxy groups -OCH3 is 1. The molecule has 0 saturated heterocycles. The molecule has 0 aliphatic carbocycles. The molecule has 152 valence electrons. The largest absolute Gasteiger partial charge is 0.394 e. The molecule has 0 bridgehead atoms. The molecule has 0 amide bonds. The van der Waals surface area contributed by atoms with Crippen LogP contribution < -0.4 is 5.73 Å². The number of fused-ring (bicyclic) bond motifs is 1. The fourth-order valence-corrected chi connectivity index (χ4v) is 2.69. The van der Waals surface area contributed by atoms with E-state index in [0.717, 1.165) is 0 Å². The van der Waals surface area contributed by atoms with E-state index in [4.69, 9.17) is 37.4 Å². The Hall–Kier alpha value is -2.30. The first-order valence-corrected chi connectivity index (χ1v) is 8.93. The van der Waals surface area contributed by atoms with Crippen molar-refractivity contribution in [3.63, 3.8) is 0 Å². The maximum Gasteiger partial charge on any atom is 0.178 e. The summed E-state index contributed by atoms with van der Waals surface area (Å²) in [6.07, 6.45) is 2.17. The number of nitrogen functional groups attached to an aromatic ring is 1. The smallest absolute Gasteiger partial charge is 0.178 e. The van der Waals surface area contributed by atoms with E-state index < -0.39 is 6.29 Å². The molecule has 0 saturated carbocycles. The van der Waals surface area contributed by atoms with Gasteiger partial charge in [-0.1, -0.05) is 23.7 Å². The second-order valence-electron chi connectivity index (χ2n) is 6.13. The molecule has 28 heavy (non-hydrogen) atoms. The number of aliphatic hydroxyl groups is 3. The highest BCUT2D eigenvalue weighted by Crippen LogP contribution is 2.22. The molecule has 5 N–H and O–H groups in total. The molecule has 9 nitrogen and oxygen atoms in total. The standard InChI is InChI=1S/C11H17N5O2.C7H7ClO2/c1-7(3-8(4-17)18-2)16-6-15-9-10(12)13-5-14-11(9)16;8-6-3-1-5(2-4-6)7(9)10/h5-8,17H,3-4H2,1-2H3,(H2,12,13,14);1-4,7,9-10H. The number of aliphatic hydroxyl groups excluding tert-OH is 2. The molecule has 2 unspecified atom stereocenters. The molecule has 0 fully saturated rings. The topological polar surface area (TPSA) is 140 Å². The molecule has 3 aromatic rings. The van der Waals surface area contributed by atoms with Gasteiger partial charge in [-0.25, -0.2) is 15.0 Å². The van der Waals surface area contributed by atoms with Crippen molar-refractivity contribution >= 4 is 28.6 Å². The number of aromatic nitrogens is 4. The fraction of sp³-hybridized carbons (Fsp3) is 0.389. The summed E-state index contributed by atoms with van der Waals surface area (Å²) in [4.78, 5) is 12.3. The minimum Gasteiger partial charge on any atom is -0.394 e. The van der Waals surface area contributed by atoms with E-state index in [0.29, 0.717) is 34.0 Å². The molecule has 1 aromatic carbocycles. The van der Waals surface area contributed by atoms with Crippen molar-refractivity contribution in [2.24, 2.45) is 0 Å². The Balaban J connectivity index is 0.000000237. The lowest BCUT2D eigenvalue weighted by Gasteiger charge is -2.19. The molecule has 2 heterocycles. The molecule has 0 aliphatic rings. The van der Waals surface area contributed by atoms with Crippen LogP contribution in [0.15, 0.2) is 36.9 Å². The summed E-state index contributed by atoms with van der Waals surface area (Å²) in [6.45, 7) is 2.01. The Bertz CT molecular complexity index is 868. The van der Waals surface area contributed by atoms with Gasteiger partial charge in [0.25, 0.3) is 0 Å². The molecule has 3 rings (SSSR count). The number of rotatable bonds is 6. The molecular weight excluding hydrogens is 386 g/mol. The highest BCUT2D eigenvalue weighted by Gasteiger charge is 2.16. The van der Waals surface area contributed by atoms with Crippen LogP contribution in [-0.2, 0) is 4.74 Å². The highest BCUT2D eigenvalue weighted by molar-refractivity contribution is 6.30. The molecule has 0 spiro atoms. The molecule has 2 aromatic heterocycles. The fourth-order valence-electron chi connectivity index (χ4n) is 2.57. The summed E-state index contributed by atoms with van der Waals surface area (Å²) >= 11 is 5.55. The van der Waals surface area contributed by atoms with Crippen LogP contribution >= 0.6 is 11.6 Å². The second kappa shape index (κ2) is 10.3. The van der Waals surface area contributed by atoms with Gasteiger partial charge in [-0.2, -0.15) is 0 Å². The first kappa shape index (κ1) is 22.0. The van der Waals surface area contributed by atoms with E-state index in [1.54, 1.807) is 37.7 Å². The van der Waals surface area contributed by atoms with Gasteiger partial charge >= 0.3 is 0 Å². The van der Waals surface area contributed by atoms with Crippen molar-refractivity contribution in [2.45, 2.75) is 31.8 Å². The van der Waals surface area contributed by atoms with Gasteiger partial charge in [0.15, 0.2) is 17.8 Å². The van der Waals surface area contributed by atoms with E-state index in [1.165, 1.54) is 6.33 Å². The third-order valence-electron chi connectivity index (χ3n) is 4.17. The van der Waals surface area contributed by atoms with Gasteiger partial charge in [0.2, 0.25) is 0 Å². The van der Waals surface area contributed by atoms with E-state index in [1.807, 2.05) is 11.5 Å². The number of hydrogen-bond acceptors (Lipinski definition) is 8. The predicted octanol–water partition coefficient (Wildman–Crippen LogP) is 1.69. The number of nitrogens with zero attached hydrogens (tertiary/aromatic N) is 4. The van der Waals surface area contributed by atoms with Gasteiger partial charge in [0.1, 0.15) is 11.8 Å². The number of anilines is 1. The normalized spacial score (nSPS) is 13.2. The Labute approximate surface area is 167 Å². The highest BCUT2D eigenvalue weighted by atomic mass is 35.5. The summed E-state index contributed by atoms with van der Waals surface area (Å²) in [5.74, 6) is 0.372. The van der Waals surface area contributed by atoms with E-state index in [-0.39, 0.29) is 18.8 Å². The number of benzene rings is 1. The first-order chi connectivity index (χ1) is 13.4. The molecule has 0 radical (unpaired) electrons. The van der Waals surface area contributed by atoms with Crippen LogP contribution in [-0.4, -0.2) is 54.7 Å². The number of ether oxygens (including phenoxy) is 1. The summed E-state index contributed by atoms with van der Waals surface area (Å²) < 4.78 is 7.07. The van der Waals surface area contributed by atoms with Crippen LogP contribution in [0.2, 0.25) is 5.02 Å².